The van der Waals surface area contributed by atoms with Crippen LogP contribution in [0.5, 0.6) is 0 Å². The van der Waals surface area contributed by atoms with Crippen molar-refractivity contribution in [2.75, 3.05) is 39.3 Å². The van der Waals surface area contributed by atoms with Crippen molar-refractivity contribution in [2.24, 2.45) is 0 Å². The van der Waals surface area contributed by atoms with Crippen molar-refractivity contribution in [3.8, 4) is 0 Å². The molecule has 1 N–H and O–H groups in total. The fourth-order valence-corrected chi connectivity index (χ4v) is 4.76. The molecule has 2 saturated heterocycles. The van der Waals surface area contributed by atoms with E-state index in [0.717, 1.165) is 37.6 Å². The summed E-state index contributed by atoms with van der Waals surface area (Å²) in [5.74, 6) is 0. The topological polar surface area (TPSA) is 30.0 Å². The molecule has 0 bridgehead atoms. The highest BCUT2D eigenvalue weighted by atomic mass is 35.5. The third kappa shape index (κ3) is 4.99. The number of hydrogen-bond acceptors (Lipinski definition) is 4. The smallest absolute Gasteiger partial charge is 0.0451 e. The van der Waals surface area contributed by atoms with Gasteiger partial charge in [0.25, 0.3) is 0 Å². The molecule has 26 heavy (non-hydrogen) atoms. The molecule has 2 heterocycles. The lowest BCUT2D eigenvalue weighted by Gasteiger charge is -2.48. The zero-order chi connectivity index (χ0) is 18.5. The van der Waals surface area contributed by atoms with Crippen LogP contribution in [0.4, 0.5) is 0 Å². The number of piperazine rings is 1. The lowest BCUT2D eigenvalue weighted by atomic mass is 9.97. The SMILES string of the molecule is CC(C)N1CCC(N2CCN(Cc3ccccc3Cl)CC2CCO)CC1. The Kier molecular flexibility index (Phi) is 7.35. The van der Waals surface area contributed by atoms with E-state index in [-0.39, 0.29) is 6.61 Å². The van der Waals surface area contributed by atoms with E-state index in [1.54, 1.807) is 0 Å². The molecule has 2 fully saturated rings. The van der Waals surface area contributed by atoms with E-state index < -0.39 is 0 Å². The first-order chi connectivity index (χ1) is 12.6. The molecule has 3 rings (SSSR count). The van der Waals surface area contributed by atoms with Gasteiger partial charge in [0.05, 0.1) is 0 Å². The molecule has 0 amide bonds. The predicted octanol–water partition coefficient (Wildman–Crippen LogP) is 3.08. The van der Waals surface area contributed by atoms with Crippen LogP contribution in [0, 0.1) is 0 Å². The Labute approximate surface area is 163 Å². The maximum Gasteiger partial charge on any atom is 0.0451 e. The Morgan fingerprint density at radius 3 is 2.50 bits per heavy atom. The second kappa shape index (κ2) is 9.52. The van der Waals surface area contributed by atoms with E-state index >= 15 is 0 Å². The minimum atomic E-state index is 0.270. The van der Waals surface area contributed by atoms with Gasteiger partial charge in [-0.1, -0.05) is 29.8 Å². The van der Waals surface area contributed by atoms with Crippen molar-refractivity contribution in [1.29, 1.82) is 0 Å². The summed E-state index contributed by atoms with van der Waals surface area (Å²) in [4.78, 5) is 7.78. The van der Waals surface area contributed by atoms with Gasteiger partial charge in [0.1, 0.15) is 0 Å². The van der Waals surface area contributed by atoms with E-state index in [2.05, 4.69) is 40.7 Å². The quantitative estimate of drug-likeness (QED) is 0.822. The molecule has 1 aromatic rings. The van der Waals surface area contributed by atoms with Gasteiger partial charge in [0, 0.05) is 55.9 Å². The van der Waals surface area contributed by atoms with E-state index in [1.165, 1.54) is 31.5 Å². The molecule has 4 nitrogen and oxygen atoms in total. The van der Waals surface area contributed by atoms with E-state index in [0.29, 0.717) is 18.1 Å². The van der Waals surface area contributed by atoms with Crippen LogP contribution >= 0.6 is 11.6 Å². The predicted molar refractivity (Wildman–Crippen MR) is 109 cm³/mol. The van der Waals surface area contributed by atoms with Crippen LogP contribution in [0.25, 0.3) is 0 Å². The molecule has 0 spiro atoms. The Morgan fingerprint density at radius 2 is 1.85 bits per heavy atom. The van der Waals surface area contributed by atoms with Crippen LogP contribution in [0.2, 0.25) is 5.02 Å². The number of rotatable bonds is 6. The number of benzene rings is 1. The largest absolute Gasteiger partial charge is 0.396 e. The van der Waals surface area contributed by atoms with Gasteiger partial charge in [-0.3, -0.25) is 9.80 Å². The van der Waals surface area contributed by atoms with Crippen molar-refractivity contribution in [3.63, 3.8) is 0 Å². The van der Waals surface area contributed by atoms with Gasteiger partial charge in [0.15, 0.2) is 0 Å². The van der Waals surface area contributed by atoms with Gasteiger partial charge in [-0.2, -0.15) is 0 Å². The van der Waals surface area contributed by atoms with Crippen LogP contribution in [0.1, 0.15) is 38.7 Å². The molecule has 5 heteroatoms. The Bertz CT molecular complexity index is 560. The molecule has 0 radical (unpaired) electrons. The number of halogens is 1. The van der Waals surface area contributed by atoms with Crippen molar-refractivity contribution in [3.05, 3.63) is 34.9 Å². The first-order valence-electron chi connectivity index (χ1n) is 10.1. The Balaban J connectivity index is 1.59. The van der Waals surface area contributed by atoms with Crippen LogP contribution in [-0.4, -0.2) is 77.3 Å². The van der Waals surface area contributed by atoms with Gasteiger partial charge in [-0.15, -0.1) is 0 Å². The third-order valence-corrected chi connectivity index (χ3v) is 6.49. The van der Waals surface area contributed by atoms with Crippen molar-refractivity contribution in [1.82, 2.24) is 14.7 Å². The van der Waals surface area contributed by atoms with Gasteiger partial charge < -0.3 is 10.0 Å². The second-order valence-electron chi connectivity index (χ2n) is 8.09. The zero-order valence-corrected chi connectivity index (χ0v) is 17.0. The summed E-state index contributed by atoms with van der Waals surface area (Å²) in [7, 11) is 0. The fourth-order valence-electron chi connectivity index (χ4n) is 4.57. The van der Waals surface area contributed by atoms with Crippen molar-refractivity contribution in [2.45, 2.75) is 57.8 Å². The van der Waals surface area contributed by atoms with Crippen LogP contribution in [0.15, 0.2) is 24.3 Å². The van der Waals surface area contributed by atoms with E-state index in [4.69, 9.17) is 11.6 Å². The molecule has 0 saturated carbocycles. The first-order valence-corrected chi connectivity index (χ1v) is 10.5. The molecule has 0 aliphatic carbocycles. The van der Waals surface area contributed by atoms with Crippen LogP contribution in [0.3, 0.4) is 0 Å². The lowest BCUT2D eigenvalue weighted by Crippen LogP contribution is -2.58. The standard InChI is InChI=1S/C21H34ClN3O/c1-17(2)24-10-7-19(8-11-24)25-13-12-23(16-20(25)9-14-26)15-18-5-3-4-6-21(18)22/h3-6,17,19-20,26H,7-16H2,1-2H3. The minimum Gasteiger partial charge on any atom is -0.396 e. The summed E-state index contributed by atoms with van der Waals surface area (Å²) in [5.41, 5.74) is 1.20. The van der Waals surface area contributed by atoms with Crippen molar-refractivity contribution >= 4 is 11.6 Å². The molecule has 1 atom stereocenters. The van der Waals surface area contributed by atoms with Crippen LogP contribution < -0.4 is 0 Å². The lowest BCUT2D eigenvalue weighted by molar-refractivity contribution is -0.0000232. The van der Waals surface area contributed by atoms with Gasteiger partial charge in [-0.25, -0.2) is 0 Å². The summed E-state index contributed by atoms with van der Waals surface area (Å²) in [6.07, 6.45) is 3.37. The number of nitrogens with zero attached hydrogens (tertiary/aromatic N) is 3. The molecule has 1 aromatic carbocycles. The molecule has 146 valence electrons. The van der Waals surface area contributed by atoms with Crippen LogP contribution in [-0.2, 0) is 6.54 Å². The number of aliphatic hydroxyl groups excluding tert-OH is 1. The Morgan fingerprint density at radius 1 is 1.12 bits per heavy atom. The summed E-state index contributed by atoms with van der Waals surface area (Å²) in [5, 5.41) is 10.5. The average Bonchev–Trinajstić information content (AvgIpc) is 2.64. The third-order valence-electron chi connectivity index (χ3n) is 6.12. The van der Waals surface area contributed by atoms with Gasteiger partial charge >= 0.3 is 0 Å². The molecule has 2 aliphatic rings. The number of hydrogen-bond donors (Lipinski definition) is 1. The molecular formula is C21H34ClN3O. The van der Waals surface area contributed by atoms with E-state index in [1.807, 2.05) is 12.1 Å². The molecule has 1 unspecified atom stereocenters. The average molecular weight is 380 g/mol. The number of aliphatic hydroxyl groups is 1. The summed E-state index contributed by atoms with van der Waals surface area (Å²) in [6.45, 7) is 11.4. The first kappa shape index (κ1) is 20.1. The van der Waals surface area contributed by atoms with Gasteiger partial charge in [0.2, 0.25) is 0 Å². The molecule has 0 aromatic heterocycles. The number of piperidine rings is 1. The highest BCUT2D eigenvalue weighted by Gasteiger charge is 2.33. The normalized spacial score (nSPS) is 24.4. The van der Waals surface area contributed by atoms with Gasteiger partial charge in [-0.05, 0) is 57.8 Å². The Hall–Kier alpha value is -0.650. The maximum absolute atomic E-state index is 9.60. The minimum absolute atomic E-state index is 0.270. The maximum atomic E-state index is 9.60. The summed E-state index contributed by atoms with van der Waals surface area (Å²) < 4.78 is 0. The summed E-state index contributed by atoms with van der Waals surface area (Å²) >= 11 is 6.35. The monoisotopic (exact) mass is 379 g/mol. The molecule has 2 aliphatic heterocycles. The van der Waals surface area contributed by atoms with Crippen molar-refractivity contribution < 1.29 is 5.11 Å². The van der Waals surface area contributed by atoms with E-state index in [9.17, 15) is 5.11 Å². The number of likely N-dealkylation sites (tertiary alicyclic amines) is 1. The molecular weight excluding hydrogens is 346 g/mol. The highest BCUT2D eigenvalue weighted by Crippen LogP contribution is 2.26. The zero-order valence-electron chi connectivity index (χ0n) is 16.3. The highest BCUT2D eigenvalue weighted by molar-refractivity contribution is 6.31. The second-order valence-corrected chi connectivity index (χ2v) is 8.50. The fraction of sp³-hybridized carbons (Fsp3) is 0.714. The summed E-state index contributed by atoms with van der Waals surface area (Å²) in [6, 6.07) is 9.91.